The summed E-state index contributed by atoms with van der Waals surface area (Å²) < 4.78 is 0. The van der Waals surface area contributed by atoms with Crippen LogP contribution in [0.15, 0.2) is 0 Å². The highest BCUT2D eigenvalue weighted by molar-refractivity contribution is 4.92. The quantitative estimate of drug-likeness (QED) is 0.626. The molecular weight excluding hydrogens is 136 g/mol. The van der Waals surface area contributed by atoms with Crippen molar-refractivity contribution in [1.82, 2.24) is 10.6 Å². The molecule has 0 atom stereocenters. The Morgan fingerprint density at radius 1 is 1.45 bits per heavy atom. The summed E-state index contributed by atoms with van der Waals surface area (Å²) in [5, 5.41) is 6.95. The third kappa shape index (κ3) is 1.57. The van der Waals surface area contributed by atoms with Crippen LogP contribution in [0.5, 0.6) is 0 Å². The first kappa shape index (κ1) is 7.56. The molecule has 0 aromatic heterocycles. The third-order valence-corrected chi connectivity index (χ3v) is 3.14. The van der Waals surface area contributed by atoms with Gasteiger partial charge in [-0.2, -0.15) is 0 Å². The Morgan fingerprint density at radius 2 is 2.18 bits per heavy atom. The third-order valence-electron chi connectivity index (χ3n) is 3.14. The zero-order chi connectivity index (χ0) is 7.73. The lowest BCUT2D eigenvalue weighted by atomic mass is 9.78. The van der Waals surface area contributed by atoms with Gasteiger partial charge < -0.3 is 10.6 Å². The van der Waals surface area contributed by atoms with Crippen molar-refractivity contribution < 1.29 is 0 Å². The van der Waals surface area contributed by atoms with Gasteiger partial charge in [-0.05, 0) is 32.1 Å². The van der Waals surface area contributed by atoms with E-state index in [1.165, 1.54) is 38.9 Å². The van der Waals surface area contributed by atoms with Crippen LogP contribution in [0.2, 0.25) is 0 Å². The smallest absolute Gasteiger partial charge is 0.0153 e. The standard InChI is InChI=1S/C9H18N2/c1-9(3-2-4-9)11-7-8-5-10-6-8/h8,10-11H,2-7H2,1H3. The van der Waals surface area contributed by atoms with Crippen molar-refractivity contribution in [3.05, 3.63) is 0 Å². The highest BCUT2D eigenvalue weighted by Crippen LogP contribution is 2.30. The van der Waals surface area contributed by atoms with Gasteiger partial charge >= 0.3 is 0 Å². The van der Waals surface area contributed by atoms with Gasteiger partial charge in [0.25, 0.3) is 0 Å². The van der Waals surface area contributed by atoms with Crippen molar-refractivity contribution in [2.75, 3.05) is 19.6 Å². The molecule has 0 bridgehead atoms. The largest absolute Gasteiger partial charge is 0.316 e. The average Bonchev–Trinajstić information content (AvgIpc) is 1.81. The number of hydrogen-bond donors (Lipinski definition) is 2. The molecular formula is C9H18N2. The zero-order valence-electron chi connectivity index (χ0n) is 7.32. The molecule has 0 radical (unpaired) electrons. The fraction of sp³-hybridized carbons (Fsp3) is 1.00. The van der Waals surface area contributed by atoms with Crippen molar-refractivity contribution in [1.29, 1.82) is 0 Å². The summed E-state index contributed by atoms with van der Waals surface area (Å²) in [4.78, 5) is 0. The molecule has 2 nitrogen and oxygen atoms in total. The number of hydrogen-bond acceptors (Lipinski definition) is 2. The topological polar surface area (TPSA) is 24.1 Å². The molecule has 1 saturated carbocycles. The fourth-order valence-corrected chi connectivity index (χ4v) is 1.77. The van der Waals surface area contributed by atoms with Crippen LogP contribution in [0.25, 0.3) is 0 Å². The highest BCUT2D eigenvalue weighted by atomic mass is 15.0. The predicted molar refractivity (Wildman–Crippen MR) is 46.6 cm³/mol. The van der Waals surface area contributed by atoms with E-state index in [1.807, 2.05) is 0 Å². The summed E-state index contributed by atoms with van der Waals surface area (Å²) in [7, 11) is 0. The summed E-state index contributed by atoms with van der Waals surface area (Å²) in [6.07, 6.45) is 4.19. The average molecular weight is 154 g/mol. The minimum Gasteiger partial charge on any atom is -0.316 e. The van der Waals surface area contributed by atoms with Crippen molar-refractivity contribution in [2.24, 2.45) is 5.92 Å². The summed E-state index contributed by atoms with van der Waals surface area (Å²) in [6, 6.07) is 0. The van der Waals surface area contributed by atoms with Gasteiger partial charge in [-0.3, -0.25) is 0 Å². The van der Waals surface area contributed by atoms with Gasteiger partial charge in [0.1, 0.15) is 0 Å². The Kier molecular flexibility index (Phi) is 1.90. The van der Waals surface area contributed by atoms with E-state index in [-0.39, 0.29) is 0 Å². The van der Waals surface area contributed by atoms with Crippen LogP contribution in [-0.2, 0) is 0 Å². The molecule has 2 fully saturated rings. The van der Waals surface area contributed by atoms with Gasteiger partial charge in [-0.15, -0.1) is 0 Å². The van der Waals surface area contributed by atoms with E-state index in [4.69, 9.17) is 0 Å². The Hall–Kier alpha value is -0.0800. The van der Waals surface area contributed by atoms with E-state index in [9.17, 15) is 0 Å². The van der Waals surface area contributed by atoms with Crippen LogP contribution in [-0.4, -0.2) is 25.2 Å². The molecule has 11 heavy (non-hydrogen) atoms. The molecule has 0 aromatic carbocycles. The molecule has 2 heteroatoms. The van der Waals surface area contributed by atoms with E-state index in [0.29, 0.717) is 5.54 Å². The van der Waals surface area contributed by atoms with Gasteiger partial charge in [0.2, 0.25) is 0 Å². The second-order valence-corrected chi connectivity index (χ2v) is 4.32. The lowest BCUT2D eigenvalue weighted by Crippen LogP contribution is -2.54. The van der Waals surface area contributed by atoms with Crippen LogP contribution in [0.4, 0.5) is 0 Å². The minimum absolute atomic E-state index is 0.510. The normalized spacial score (nSPS) is 29.2. The van der Waals surface area contributed by atoms with Crippen LogP contribution < -0.4 is 10.6 Å². The van der Waals surface area contributed by atoms with E-state index in [1.54, 1.807) is 0 Å². The van der Waals surface area contributed by atoms with Crippen molar-refractivity contribution in [3.8, 4) is 0 Å². The first-order chi connectivity index (χ1) is 5.29. The van der Waals surface area contributed by atoms with Crippen LogP contribution in [0, 0.1) is 5.92 Å². The Balaban J connectivity index is 1.64. The van der Waals surface area contributed by atoms with Gasteiger partial charge in [-0.1, -0.05) is 0 Å². The molecule has 0 unspecified atom stereocenters. The minimum atomic E-state index is 0.510. The maximum Gasteiger partial charge on any atom is 0.0153 e. The molecule has 2 rings (SSSR count). The first-order valence-corrected chi connectivity index (χ1v) is 4.74. The molecule has 1 saturated heterocycles. The maximum absolute atomic E-state index is 3.66. The van der Waals surface area contributed by atoms with Crippen molar-refractivity contribution in [3.63, 3.8) is 0 Å². The van der Waals surface area contributed by atoms with E-state index >= 15 is 0 Å². The Labute approximate surface area is 68.7 Å². The molecule has 2 aliphatic rings. The molecule has 64 valence electrons. The van der Waals surface area contributed by atoms with E-state index in [2.05, 4.69) is 17.6 Å². The molecule has 0 aromatic rings. The van der Waals surface area contributed by atoms with Crippen molar-refractivity contribution >= 4 is 0 Å². The molecule has 1 aliphatic carbocycles. The summed E-state index contributed by atoms with van der Waals surface area (Å²) in [5.74, 6) is 0.910. The number of nitrogens with one attached hydrogen (secondary N) is 2. The van der Waals surface area contributed by atoms with Gasteiger partial charge in [0.05, 0.1) is 0 Å². The SMILES string of the molecule is CC1(NCC2CNC2)CCC1. The van der Waals surface area contributed by atoms with Crippen LogP contribution >= 0.6 is 0 Å². The Bertz CT molecular complexity index is 136. The van der Waals surface area contributed by atoms with Crippen LogP contribution in [0.3, 0.4) is 0 Å². The molecule has 0 amide bonds. The zero-order valence-corrected chi connectivity index (χ0v) is 7.32. The first-order valence-electron chi connectivity index (χ1n) is 4.74. The molecule has 0 spiro atoms. The second-order valence-electron chi connectivity index (χ2n) is 4.32. The monoisotopic (exact) mass is 154 g/mol. The van der Waals surface area contributed by atoms with Gasteiger partial charge in [-0.25, -0.2) is 0 Å². The van der Waals surface area contributed by atoms with Gasteiger partial charge in [0.15, 0.2) is 0 Å². The second kappa shape index (κ2) is 2.76. The summed E-state index contributed by atoms with van der Waals surface area (Å²) >= 11 is 0. The predicted octanol–water partition coefficient (Wildman–Crippen LogP) is 0.738. The molecule has 2 N–H and O–H groups in total. The Morgan fingerprint density at radius 3 is 2.55 bits per heavy atom. The number of rotatable bonds is 3. The fourth-order valence-electron chi connectivity index (χ4n) is 1.77. The lowest BCUT2D eigenvalue weighted by Gasteiger charge is -2.41. The maximum atomic E-state index is 3.66. The van der Waals surface area contributed by atoms with E-state index in [0.717, 1.165) is 5.92 Å². The highest BCUT2D eigenvalue weighted by Gasteiger charge is 2.32. The summed E-state index contributed by atoms with van der Waals surface area (Å²) in [6.45, 7) is 6.03. The van der Waals surface area contributed by atoms with Gasteiger partial charge in [0, 0.05) is 25.2 Å². The van der Waals surface area contributed by atoms with Crippen LogP contribution in [0.1, 0.15) is 26.2 Å². The molecule has 1 aliphatic heterocycles. The summed E-state index contributed by atoms with van der Waals surface area (Å²) in [5.41, 5.74) is 0.510. The van der Waals surface area contributed by atoms with E-state index < -0.39 is 0 Å². The molecule has 1 heterocycles. The lowest BCUT2D eigenvalue weighted by molar-refractivity contribution is 0.184. The van der Waals surface area contributed by atoms with Crippen molar-refractivity contribution in [2.45, 2.75) is 31.7 Å².